The Morgan fingerprint density at radius 2 is 0.863 bits per heavy atom. The van der Waals surface area contributed by atoms with Crippen molar-refractivity contribution in [3.8, 4) is 0 Å². The zero-order valence-corrected chi connectivity index (χ0v) is 75.5. The molecule has 10 radical (unpaired) electrons. The number of aliphatic hydroxyl groups is 10. The third-order valence-corrected chi connectivity index (χ3v) is 7.71. The number of rotatable bonds is 8. The van der Waals surface area contributed by atoms with Crippen molar-refractivity contribution in [3.05, 3.63) is 12.3 Å². The number of ether oxygens (including phenoxy) is 7. The molecule has 18 atom stereocenters. The Labute approximate surface area is 655 Å². The quantitative estimate of drug-likeness (QED) is 0.109. The summed E-state index contributed by atoms with van der Waals surface area (Å²) in [6, 6.07) is 0. The molecule has 0 amide bonds. The minimum absolute atomic E-state index is 0. The topological polar surface area (TPSA) is 267 Å². The van der Waals surface area contributed by atoms with Crippen molar-refractivity contribution in [1.82, 2.24) is 0 Å². The van der Waals surface area contributed by atoms with E-state index < -0.39 is 124 Å². The largest absolute Gasteiger partial charge is 0.493 e. The molecule has 0 saturated carbocycles. The van der Waals surface area contributed by atoms with E-state index in [4.69, 9.17) is 33.2 Å². The normalized spacial score (nSPS) is 42.4. The summed E-state index contributed by atoms with van der Waals surface area (Å²) in [5.41, 5.74) is 0. The maximum absolute atomic E-state index is 10.9. The molecule has 4 heterocycles. The number of hydrogen-bond donors (Lipinski definition) is 10. The fourth-order valence-electron chi connectivity index (χ4n) is 5.08. The van der Waals surface area contributed by atoms with Crippen LogP contribution in [0.1, 0.15) is 13.8 Å². The first kappa shape index (κ1) is 78.5. The molecule has 27 heteroatoms. The molecule has 17 nitrogen and oxygen atoms in total. The van der Waals surface area contributed by atoms with Crippen LogP contribution in [0.3, 0.4) is 0 Å². The molecule has 3 saturated heterocycles. The van der Waals surface area contributed by atoms with Gasteiger partial charge in [0.15, 0.2) is 18.9 Å². The van der Waals surface area contributed by atoms with Gasteiger partial charge >= 0.3 is 0 Å². The molecule has 0 spiro atoms. The van der Waals surface area contributed by atoms with Gasteiger partial charge in [0.2, 0.25) is 0 Å². The average Bonchev–Trinajstić information content (AvgIpc) is 2.96. The SMILES string of the molecule is CC1O[C@H](OC2C=COC(CO)[C@@H]2O[C@@H]2OC(CO)[C@H](O)[C@H](O)C2OC2OC(C)[C@H](O)C(O)[C@@H]2O)[C@@H](O)C(O)[C@@H]1O.[Ac].[Ac].[Ac].[Ac].[Ac].[Ac].[Ac].[Ac].[Ac].[Ac]. The van der Waals surface area contributed by atoms with Gasteiger partial charge in [0.25, 0.3) is 0 Å². The molecule has 9 unspecified atom stereocenters. The molecular weight excluding hydrogens is 2830 g/mol. The molecule has 4 aliphatic rings. The Kier molecular flexibility index (Phi) is 61.7. The molecule has 0 aromatic carbocycles. The summed E-state index contributed by atoms with van der Waals surface area (Å²) in [6.45, 7) is 1.49. The standard InChI is InChI=1S/C24H40O17.10Ac/c1-7-12(27)15(30)18(33)22(36-7)38-9-3-4-35-11(6-26)20(9)40-24-21(17(32)14(29)10(5-25)39-24)41-23-19(34)16(31)13(28)8(2)37-23;;;;;;;;;;/h3-4,7-34H,5-6H2,1-2H3;;;;;;;;;;/t7?,8?,9?,10?,11?,12-,13+,14+,15?,16?,17+,18+,19+,20-,21?,22-,23?,24+;;;;;;;;;;/m1........../s1. The summed E-state index contributed by atoms with van der Waals surface area (Å²) in [7, 11) is 0. The maximum atomic E-state index is 10.9. The summed E-state index contributed by atoms with van der Waals surface area (Å²) in [5.74, 6) is 0. The Morgan fingerprint density at radius 1 is 0.451 bits per heavy atom. The number of hydrogen-bond acceptors (Lipinski definition) is 17. The zero-order chi connectivity index (χ0) is 30.2. The van der Waals surface area contributed by atoms with E-state index in [1.807, 2.05) is 0 Å². The molecule has 0 aromatic rings. The summed E-state index contributed by atoms with van der Waals surface area (Å²) in [4.78, 5) is 0. The predicted octanol–water partition coefficient (Wildman–Crippen LogP) is -5.86. The van der Waals surface area contributed by atoms with Gasteiger partial charge in [-0.3, -0.25) is 0 Å². The second-order valence-electron chi connectivity index (χ2n) is 10.6. The Balaban J connectivity index is -0.000000387. The second-order valence-corrected chi connectivity index (χ2v) is 10.6. The molecular formula is C24H40Ac10O17. The van der Waals surface area contributed by atoms with Crippen molar-refractivity contribution in [2.75, 3.05) is 13.2 Å². The smallest absolute Gasteiger partial charge is 0.187 e. The van der Waals surface area contributed by atoms with E-state index in [1.54, 1.807) is 0 Å². The molecule has 0 aliphatic carbocycles. The molecule has 0 aromatic heterocycles. The predicted molar refractivity (Wildman–Crippen MR) is 128 cm³/mol. The van der Waals surface area contributed by atoms with Gasteiger partial charge in [-0.15, -0.1) is 0 Å². The first-order valence-corrected chi connectivity index (χ1v) is 13.3. The molecule has 4 aliphatic heterocycles. The van der Waals surface area contributed by atoms with E-state index in [9.17, 15) is 51.1 Å². The third-order valence-electron chi connectivity index (χ3n) is 7.71. The van der Waals surface area contributed by atoms with Crippen LogP contribution in [0, 0.1) is 441 Å². The van der Waals surface area contributed by atoms with Gasteiger partial charge in [-0.2, -0.15) is 0 Å². The fraction of sp³-hybridized carbons (Fsp3) is 0.917. The van der Waals surface area contributed by atoms with Gasteiger partial charge in [-0.1, -0.05) is 0 Å². The average molecular weight is 2870 g/mol. The Morgan fingerprint density at radius 3 is 1.29 bits per heavy atom. The minimum Gasteiger partial charge on any atom is -0.493 e. The van der Waals surface area contributed by atoms with Crippen LogP contribution in [-0.2, 0) is 33.2 Å². The fourth-order valence-corrected chi connectivity index (χ4v) is 5.08. The van der Waals surface area contributed by atoms with Gasteiger partial charge in [-0.25, -0.2) is 0 Å². The summed E-state index contributed by atoms with van der Waals surface area (Å²) < 4.78 is 39.6. The van der Waals surface area contributed by atoms with Crippen LogP contribution in [-0.4, -0.2) is 175 Å². The van der Waals surface area contributed by atoms with Crippen molar-refractivity contribution in [2.45, 2.75) is 124 Å². The van der Waals surface area contributed by atoms with Crippen LogP contribution < -0.4 is 0 Å². The van der Waals surface area contributed by atoms with E-state index >= 15 is 0 Å². The molecule has 3 fully saturated rings. The van der Waals surface area contributed by atoms with Crippen LogP contribution in [0.4, 0.5) is 0 Å². The van der Waals surface area contributed by atoms with Gasteiger partial charge in [-0.05, 0) is 19.9 Å². The van der Waals surface area contributed by atoms with Crippen LogP contribution in [0.25, 0.3) is 0 Å². The summed E-state index contributed by atoms with van der Waals surface area (Å²) in [5, 5.41) is 102. The Hall–Kier alpha value is 13.3. The van der Waals surface area contributed by atoms with E-state index in [0.717, 1.165) is 0 Å². The second kappa shape index (κ2) is 40.1. The first-order chi connectivity index (χ1) is 19.4. The molecule has 10 N–H and O–H groups in total. The minimum atomic E-state index is -1.80. The van der Waals surface area contributed by atoms with Crippen molar-refractivity contribution >= 4 is 0 Å². The van der Waals surface area contributed by atoms with Crippen LogP contribution in [0.5, 0.6) is 0 Å². The summed E-state index contributed by atoms with van der Waals surface area (Å²) >= 11 is 0. The molecule has 51 heavy (non-hydrogen) atoms. The van der Waals surface area contributed by atoms with Crippen molar-refractivity contribution in [2.24, 2.45) is 0 Å². The van der Waals surface area contributed by atoms with Crippen LogP contribution in [0.15, 0.2) is 12.3 Å². The first-order valence-electron chi connectivity index (χ1n) is 13.3. The number of aliphatic hydroxyl groups excluding tert-OH is 10. The summed E-state index contributed by atoms with van der Waals surface area (Å²) in [6.07, 6.45) is -23.7. The van der Waals surface area contributed by atoms with Crippen molar-refractivity contribution < 1.29 is 525 Å². The molecule has 4 rings (SSSR count). The van der Waals surface area contributed by atoms with Crippen LogP contribution in [0.2, 0.25) is 0 Å². The van der Waals surface area contributed by atoms with Gasteiger partial charge in [0.05, 0.1) is 31.7 Å². The maximum Gasteiger partial charge on any atom is 0.187 e. The van der Waals surface area contributed by atoms with Gasteiger partial charge < -0.3 is 84.2 Å². The van der Waals surface area contributed by atoms with E-state index in [2.05, 4.69) is 0 Å². The van der Waals surface area contributed by atoms with Crippen molar-refractivity contribution in [3.63, 3.8) is 0 Å². The van der Waals surface area contributed by atoms with Gasteiger partial charge in [0, 0.05) is 441 Å². The van der Waals surface area contributed by atoms with E-state index in [0.29, 0.717) is 0 Å². The zero-order valence-electron chi connectivity index (χ0n) is 28.1. The third kappa shape index (κ3) is 22.3. The van der Waals surface area contributed by atoms with E-state index in [1.165, 1.54) is 26.2 Å². The van der Waals surface area contributed by atoms with Crippen LogP contribution >= 0.6 is 0 Å². The van der Waals surface area contributed by atoms with Gasteiger partial charge in [0.1, 0.15) is 79.4 Å². The molecule has 0 bridgehead atoms. The monoisotopic (exact) mass is 2870 g/mol. The molecule has 268 valence electrons. The van der Waals surface area contributed by atoms with Crippen molar-refractivity contribution in [1.29, 1.82) is 0 Å². The van der Waals surface area contributed by atoms with E-state index in [-0.39, 0.29) is 441 Å². The Bertz CT molecular complexity index is 900.